The van der Waals surface area contributed by atoms with Gasteiger partial charge < -0.3 is 25.2 Å². The van der Waals surface area contributed by atoms with E-state index in [2.05, 4.69) is 20.8 Å². The molecular weight excluding hydrogens is 388 g/mol. The van der Waals surface area contributed by atoms with Crippen molar-refractivity contribution < 1.29 is 29.0 Å². The highest BCUT2D eigenvalue weighted by Crippen LogP contribution is 2.27. The van der Waals surface area contributed by atoms with E-state index >= 15 is 0 Å². The van der Waals surface area contributed by atoms with Gasteiger partial charge in [0.25, 0.3) is 0 Å². The highest BCUT2D eigenvalue weighted by atomic mass is 32.2. The van der Waals surface area contributed by atoms with Gasteiger partial charge in [0.15, 0.2) is 16.7 Å². The van der Waals surface area contributed by atoms with Crippen molar-refractivity contribution in [1.29, 1.82) is 0 Å². The van der Waals surface area contributed by atoms with E-state index in [1.54, 1.807) is 25.3 Å². The Morgan fingerprint density at radius 3 is 2.75 bits per heavy atom. The molecule has 1 saturated heterocycles. The van der Waals surface area contributed by atoms with Crippen molar-refractivity contribution in [3.8, 4) is 11.5 Å². The molecule has 0 aliphatic carbocycles. The molecule has 0 aromatic heterocycles. The molecule has 0 spiro atoms. The molecule has 0 bridgehead atoms. The van der Waals surface area contributed by atoms with Crippen LogP contribution in [0.1, 0.15) is 18.4 Å². The van der Waals surface area contributed by atoms with E-state index in [0.29, 0.717) is 11.5 Å². The van der Waals surface area contributed by atoms with Crippen LogP contribution in [0.3, 0.4) is 0 Å². The largest absolute Gasteiger partial charge is 0.493 e. The normalized spacial score (nSPS) is 17.6. The lowest BCUT2D eigenvalue weighted by Gasteiger charge is -2.07. The summed E-state index contributed by atoms with van der Waals surface area (Å²) in [5, 5.41) is 21.1. The summed E-state index contributed by atoms with van der Waals surface area (Å²) in [6.07, 6.45) is 1.25. The molecule has 1 aliphatic heterocycles. The molecule has 1 aromatic carbocycles. The van der Waals surface area contributed by atoms with Gasteiger partial charge in [-0.1, -0.05) is 11.8 Å². The van der Waals surface area contributed by atoms with E-state index in [0.717, 1.165) is 17.3 Å². The topological polar surface area (TPSA) is 139 Å². The zero-order chi connectivity index (χ0) is 20.5. The number of amidine groups is 1. The van der Waals surface area contributed by atoms with E-state index in [-0.39, 0.29) is 30.5 Å². The maximum atomic E-state index is 11.9. The molecule has 2 rings (SSSR count). The molecule has 1 aliphatic rings. The lowest BCUT2D eigenvalue weighted by Crippen LogP contribution is -2.32. The molecule has 1 atom stereocenters. The van der Waals surface area contributed by atoms with Crippen molar-refractivity contribution in [2.24, 2.45) is 10.2 Å². The number of carbonyl (C=O) groups is 3. The van der Waals surface area contributed by atoms with Crippen molar-refractivity contribution >= 4 is 40.9 Å². The summed E-state index contributed by atoms with van der Waals surface area (Å²) in [5.41, 5.74) is 0.727. The Labute approximate surface area is 165 Å². The first-order valence-corrected chi connectivity index (χ1v) is 9.10. The van der Waals surface area contributed by atoms with E-state index in [4.69, 9.17) is 14.6 Å². The monoisotopic (exact) mass is 408 g/mol. The molecule has 1 aromatic rings. The predicted octanol–water partition coefficient (Wildman–Crippen LogP) is 0.606. The van der Waals surface area contributed by atoms with E-state index in [9.17, 15) is 14.4 Å². The Morgan fingerprint density at radius 1 is 1.32 bits per heavy atom. The van der Waals surface area contributed by atoms with Crippen molar-refractivity contribution in [3.05, 3.63) is 23.8 Å². The second-order valence-corrected chi connectivity index (χ2v) is 6.75. The fraction of sp³-hybridized carbons (Fsp3) is 0.353. The molecule has 1 unspecified atom stereocenters. The minimum absolute atomic E-state index is 0.0176. The van der Waals surface area contributed by atoms with E-state index in [1.807, 2.05) is 0 Å². The number of carbonyl (C=O) groups excluding carboxylic acids is 2. The molecule has 11 heteroatoms. The van der Waals surface area contributed by atoms with Gasteiger partial charge in [-0.2, -0.15) is 5.10 Å². The summed E-state index contributed by atoms with van der Waals surface area (Å²) >= 11 is 1.09. The van der Waals surface area contributed by atoms with E-state index in [1.165, 1.54) is 13.3 Å². The van der Waals surface area contributed by atoms with E-state index < -0.39 is 17.1 Å². The van der Waals surface area contributed by atoms with Gasteiger partial charge in [0, 0.05) is 13.0 Å². The average molecular weight is 408 g/mol. The number of benzene rings is 1. The summed E-state index contributed by atoms with van der Waals surface area (Å²) in [6.45, 7) is 0.0176. The molecular formula is C17H20N4O6S. The number of hydrogen-bond acceptors (Lipinski definition) is 8. The number of rotatable bonds is 9. The molecule has 10 nitrogen and oxygen atoms in total. The number of amides is 2. The van der Waals surface area contributed by atoms with Crippen LogP contribution >= 0.6 is 11.8 Å². The quantitative estimate of drug-likeness (QED) is 0.402. The highest BCUT2D eigenvalue weighted by Gasteiger charge is 2.32. The Morgan fingerprint density at radius 2 is 2.07 bits per heavy atom. The van der Waals surface area contributed by atoms with Crippen LogP contribution < -0.4 is 20.1 Å². The summed E-state index contributed by atoms with van der Waals surface area (Å²) in [4.78, 5) is 34.1. The van der Waals surface area contributed by atoms with Gasteiger partial charge in [-0.3, -0.25) is 14.4 Å². The Kier molecular flexibility index (Phi) is 7.81. The number of ether oxygens (including phenoxy) is 2. The van der Waals surface area contributed by atoms with Crippen LogP contribution in [0.2, 0.25) is 0 Å². The van der Waals surface area contributed by atoms with Gasteiger partial charge in [0.1, 0.15) is 5.25 Å². The lowest BCUT2D eigenvalue weighted by molar-refractivity contribution is -0.137. The number of aliphatic carboxylic acids is 1. The molecule has 3 N–H and O–H groups in total. The first-order chi connectivity index (χ1) is 13.4. The summed E-state index contributed by atoms with van der Waals surface area (Å²) in [5.74, 6) is -0.608. The second kappa shape index (κ2) is 10.3. The van der Waals surface area contributed by atoms with Gasteiger partial charge in [-0.25, -0.2) is 0 Å². The van der Waals surface area contributed by atoms with Crippen LogP contribution in [0.25, 0.3) is 0 Å². The number of nitrogens with one attached hydrogen (secondary N) is 2. The first kappa shape index (κ1) is 21.2. The Balaban J connectivity index is 1.90. The zero-order valence-corrected chi connectivity index (χ0v) is 16.1. The molecule has 28 heavy (non-hydrogen) atoms. The first-order valence-electron chi connectivity index (χ1n) is 8.22. The third kappa shape index (κ3) is 6.27. The van der Waals surface area contributed by atoms with Crippen LogP contribution in [0.5, 0.6) is 11.5 Å². The van der Waals surface area contributed by atoms with Crippen LogP contribution in [0.4, 0.5) is 0 Å². The number of carboxylic acids is 1. The lowest BCUT2D eigenvalue weighted by atomic mass is 10.2. The third-order valence-electron chi connectivity index (χ3n) is 3.57. The van der Waals surface area contributed by atoms with Gasteiger partial charge >= 0.3 is 5.97 Å². The maximum absolute atomic E-state index is 11.9. The van der Waals surface area contributed by atoms with Crippen molar-refractivity contribution in [1.82, 2.24) is 10.6 Å². The molecule has 1 heterocycles. The van der Waals surface area contributed by atoms with Crippen molar-refractivity contribution in [2.75, 3.05) is 20.8 Å². The van der Waals surface area contributed by atoms with Crippen LogP contribution in [0, 0.1) is 0 Å². The third-order valence-corrected chi connectivity index (χ3v) is 4.64. The number of hydrogen-bond donors (Lipinski definition) is 3. The Bertz CT molecular complexity index is 811. The minimum atomic E-state index is -1.00. The van der Waals surface area contributed by atoms with Crippen LogP contribution in [-0.2, 0) is 14.4 Å². The molecule has 0 saturated carbocycles. The molecule has 1 fully saturated rings. The fourth-order valence-electron chi connectivity index (χ4n) is 2.22. The number of thioether (sulfide) groups is 1. The SMILES string of the molecule is COc1ccc(C=N/N=C2\NC(=O)C(CC(=O)NCCC(=O)O)S2)cc1OC. The smallest absolute Gasteiger partial charge is 0.305 e. The van der Waals surface area contributed by atoms with Gasteiger partial charge in [0.05, 0.1) is 26.9 Å². The van der Waals surface area contributed by atoms with Gasteiger partial charge in [0.2, 0.25) is 11.8 Å². The fourth-order valence-corrected chi connectivity index (χ4v) is 3.14. The average Bonchev–Trinajstić information content (AvgIpc) is 3.00. The number of methoxy groups -OCH3 is 2. The predicted molar refractivity (Wildman–Crippen MR) is 104 cm³/mol. The Hall–Kier alpha value is -3.08. The highest BCUT2D eigenvalue weighted by molar-refractivity contribution is 8.15. The second-order valence-electron chi connectivity index (χ2n) is 5.56. The molecule has 150 valence electrons. The van der Waals surface area contributed by atoms with Gasteiger partial charge in [-0.15, -0.1) is 5.10 Å². The molecule has 2 amide bonds. The van der Waals surface area contributed by atoms with Crippen LogP contribution in [-0.4, -0.2) is 60.3 Å². The van der Waals surface area contributed by atoms with Crippen LogP contribution in [0.15, 0.2) is 28.4 Å². The maximum Gasteiger partial charge on any atom is 0.305 e. The zero-order valence-electron chi connectivity index (χ0n) is 15.3. The summed E-state index contributed by atoms with van der Waals surface area (Å²) in [6, 6.07) is 5.24. The summed E-state index contributed by atoms with van der Waals surface area (Å²) in [7, 11) is 3.07. The van der Waals surface area contributed by atoms with Crippen molar-refractivity contribution in [2.45, 2.75) is 18.1 Å². The molecule has 0 radical (unpaired) electrons. The number of carboxylic acid groups (broad SMARTS) is 1. The summed E-state index contributed by atoms with van der Waals surface area (Å²) < 4.78 is 10.4. The number of nitrogens with zero attached hydrogens (tertiary/aromatic N) is 2. The van der Waals surface area contributed by atoms with Crippen molar-refractivity contribution in [3.63, 3.8) is 0 Å². The van der Waals surface area contributed by atoms with Gasteiger partial charge in [-0.05, 0) is 23.8 Å². The standard InChI is InChI=1S/C17H20N4O6S/c1-26-11-4-3-10(7-12(11)27-2)9-19-21-17-20-16(25)13(28-17)8-14(22)18-6-5-15(23)24/h3-4,7,9,13H,5-6,8H2,1-2H3,(H,18,22)(H,23,24)(H,20,21,25). The minimum Gasteiger partial charge on any atom is -0.493 e.